The van der Waals surface area contributed by atoms with Gasteiger partial charge in [-0.25, -0.2) is 0 Å². The molecule has 0 saturated heterocycles. The molecular formula is C22H16ClNO7S. The fourth-order valence-corrected chi connectivity index (χ4v) is 4.53. The summed E-state index contributed by atoms with van der Waals surface area (Å²) in [5.41, 5.74) is 0.626. The normalized spacial score (nSPS) is 12.9. The summed E-state index contributed by atoms with van der Waals surface area (Å²) in [6.45, 7) is -0.263. The molecule has 0 saturated carbocycles. The molecule has 32 heavy (non-hydrogen) atoms. The molecule has 3 aromatic rings. The summed E-state index contributed by atoms with van der Waals surface area (Å²) in [5, 5.41) is 2.35. The third kappa shape index (κ3) is 4.25. The van der Waals surface area contributed by atoms with Crippen molar-refractivity contribution in [1.82, 2.24) is 0 Å². The number of hydrogen-bond donors (Lipinski definition) is 1. The molecule has 1 N–H and O–H groups in total. The number of hydrogen-bond acceptors (Lipinski definition) is 7. The number of amides is 1. The third-order valence-corrected chi connectivity index (χ3v) is 6.31. The van der Waals surface area contributed by atoms with E-state index in [0.717, 1.165) is 6.07 Å². The zero-order valence-electron chi connectivity index (χ0n) is 16.6. The highest BCUT2D eigenvalue weighted by atomic mass is 35.5. The van der Waals surface area contributed by atoms with Crippen LogP contribution in [0.15, 0.2) is 65.6 Å². The Kier molecular flexibility index (Phi) is 5.77. The molecule has 8 nitrogen and oxygen atoms in total. The van der Waals surface area contributed by atoms with Crippen molar-refractivity contribution in [2.24, 2.45) is 0 Å². The van der Waals surface area contributed by atoms with Crippen molar-refractivity contribution in [3.05, 3.63) is 76.8 Å². The minimum absolute atomic E-state index is 0.0261. The van der Waals surface area contributed by atoms with E-state index in [1.807, 2.05) is 0 Å². The van der Waals surface area contributed by atoms with Crippen LogP contribution < -0.4 is 19.0 Å². The first-order valence-electron chi connectivity index (χ1n) is 9.27. The zero-order valence-corrected chi connectivity index (χ0v) is 18.2. The molecule has 0 spiro atoms. The van der Waals surface area contributed by atoms with Gasteiger partial charge in [0.25, 0.3) is 5.91 Å². The van der Waals surface area contributed by atoms with E-state index >= 15 is 0 Å². The Morgan fingerprint density at radius 3 is 2.56 bits per heavy atom. The first-order chi connectivity index (χ1) is 15.3. The number of rotatable bonds is 6. The molecule has 4 rings (SSSR count). The second-order valence-electron chi connectivity index (χ2n) is 6.71. The van der Waals surface area contributed by atoms with E-state index in [9.17, 15) is 18.0 Å². The zero-order chi connectivity index (χ0) is 22.9. The maximum atomic E-state index is 13.1. The Hall–Kier alpha value is -3.56. The van der Waals surface area contributed by atoms with Crippen LogP contribution in [0.3, 0.4) is 0 Å². The Labute approximate surface area is 188 Å². The van der Waals surface area contributed by atoms with Crippen molar-refractivity contribution in [2.45, 2.75) is 4.90 Å². The van der Waals surface area contributed by atoms with Crippen molar-refractivity contribution >= 4 is 39.1 Å². The highest BCUT2D eigenvalue weighted by Gasteiger charge is 2.28. The van der Waals surface area contributed by atoms with E-state index in [4.69, 9.17) is 25.3 Å². The average molecular weight is 474 g/mol. The molecule has 164 valence electrons. The van der Waals surface area contributed by atoms with Gasteiger partial charge in [-0.2, -0.15) is 8.42 Å². The van der Waals surface area contributed by atoms with Gasteiger partial charge in [0.1, 0.15) is 16.4 Å². The Morgan fingerprint density at radius 2 is 1.84 bits per heavy atom. The van der Waals surface area contributed by atoms with E-state index in [2.05, 4.69) is 5.32 Å². The van der Waals surface area contributed by atoms with Crippen molar-refractivity contribution in [3.63, 3.8) is 0 Å². The number of carbonyl (C=O) groups excluding carboxylic acids is 2. The molecule has 0 aromatic heterocycles. The third-order valence-electron chi connectivity index (χ3n) is 4.61. The van der Waals surface area contributed by atoms with Crippen LogP contribution in [0.2, 0.25) is 5.02 Å². The molecule has 0 atom stereocenters. The molecule has 1 aliphatic heterocycles. The summed E-state index contributed by atoms with van der Waals surface area (Å²) in [4.78, 5) is 24.1. The van der Waals surface area contributed by atoms with Gasteiger partial charge in [0.2, 0.25) is 0 Å². The second kappa shape index (κ2) is 8.52. The number of ether oxygens (including phenoxy) is 2. The van der Waals surface area contributed by atoms with Crippen molar-refractivity contribution in [1.29, 1.82) is 0 Å². The maximum Gasteiger partial charge on any atom is 0.340 e. The van der Waals surface area contributed by atoms with Crippen LogP contribution in [0.4, 0.5) is 5.69 Å². The number of ketones is 1. The van der Waals surface area contributed by atoms with Crippen LogP contribution in [0.5, 0.6) is 17.2 Å². The number of carbonyl (C=O) groups is 2. The summed E-state index contributed by atoms with van der Waals surface area (Å²) < 4.78 is 41.9. The predicted molar refractivity (Wildman–Crippen MR) is 116 cm³/mol. The molecule has 1 heterocycles. The van der Waals surface area contributed by atoms with Crippen LogP contribution in [0.1, 0.15) is 15.9 Å². The molecule has 0 unspecified atom stereocenters. The topological polar surface area (TPSA) is 108 Å². The maximum absolute atomic E-state index is 13.1. The minimum atomic E-state index is -4.49. The van der Waals surface area contributed by atoms with Gasteiger partial charge in [0, 0.05) is 17.7 Å². The van der Waals surface area contributed by atoms with E-state index in [-0.39, 0.29) is 45.2 Å². The number of nitrogens with one attached hydrogen (secondary N) is 1. The van der Waals surface area contributed by atoms with Crippen molar-refractivity contribution < 1.29 is 31.7 Å². The Morgan fingerprint density at radius 1 is 1.09 bits per heavy atom. The highest BCUT2D eigenvalue weighted by molar-refractivity contribution is 7.87. The first kappa shape index (κ1) is 21.7. The summed E-state index contributed by atoms with van der Waals surface area (Å²) >= 11 is 6.16. The van der Waals surface area contributed by atoms with Gasteiger partial charge in [-0.1, -0.05) is 41.9 Å². The number of halogens is 1. The van der Waals surface area contributed by atoms with Gasteiger partial charge in [0.15, 0.2) is 18.1 Å². The van der Waals surface area contributed by atoms with E-state index < -0.39 is 15.9 Å². The average Bonchev–Trinajstić information content (AvgIpc) is 2.78. The number of anilines is 1. The van der Waals surface area contributed by atoms with E-state index in [0.29, 0.717) is 11.3 Å². The first-order valence-corrected chi connectivity index (χ1v) is 11.1. The quantitative estimate of drug-likeness (QED) is 0.429. The Bertz CT molecular complexity index is 1320. The number of benzene rings is 3. The van der Waals surface area contributed by atoms with Crippen LogP contribution in [-0.2, 0) is 14.9 Å². The van der Waals surface area contributed by atoms with Crippen LogP contribution in [0.25, 0.3) is 0 Å². The van der Waals surface area contributed by atoms with Gasteiger partial charge in [-0.15, -0.1) is 0 Å². The fourth-order valence-electron chi connectivity index (χ4n) is 3.07. The number of methoxy groups -OCH3 is 1. The summed E-state index contributed by atoms with van der Waals surface area (Å²) in [6.07, 6.45) is 0. The number of fused-ring (bicyclic) bond motifs is 1. The largest absolute Gasteiger partial charge is 0.497 e. The SMILES string of the molecule is COc1ccc(C(=O)c2ccccc2)c(OS(=O)(=O)c2cc3c(cc2Cl)NC(=O)CO3)c1. The van der Waals surface area contributed by atoms with Gasteiger partial charge >= 0.3 is 10.1 Å². The van der Waals surface area contributed by atoms with Gasteiger partial charge in [0.05, 0.1) is 23.4 Å². The smallest absolute Gasteiger partial charge is 0.340 e. The molecule has 3 aromatic carbocycles. The van der Waals surface area contributed by atoms with Gasteiger partial charge < -0.3 is 19.0 Å². The lowest BCUT2D eigenvalue weighted by Crippen LogP contribution is -2.25. The van der Waals surface area contributed by atoms with Gasteiger partial charge in [-0.05, 0) is 18.2 Å². The summed E-state index contributed by atoms with van der Waals surface area (Å²) in [7, 11) is -3.09. The highest BCUT2D eigenvalue weighted by Crippen LogP contribution is 2.37. The lowest BCUT2D eigenvalue weighted by atomic mass is 10.0. The lowest BCUT2D eigenvalue weighted by molar-refractivity contribution is -0.118. The lowest BCUT2D eigenvalue weighted by Gasteiger charge is -2.19. The molecule has 1 amide bonds. The summed E-state index contributed by atoms with van der Waals surface area (Å²) in [6, 6.07) is 15.0. The van der Waals surface area contributed by atoms with Crippen molar-refractivity contribution in [2.75, 3.05) is 19.0 Å². The standard InChI is InChI=1S/C22H16ClNO7S/c1-29-14-7-8-15(22(26)13-5-3-2-4-6-13)18(9-14)31-32(27,28)20-11-19-17(10-16(20)23)24-21(25)12-30-19/h2-11H,12H2,1H3,(H,24,25). The molecule has 0 bridgehead atoms. The second-order valence-corrected chi connectivity index (χ2v) is 8.63. The van der Waals surface area contributed by atoms with Crippen LogP contribution in [-0.4, -0.2) is 33.8 Å². The van der Waals surface area contributed by atoms with Crippen LogP contribution in [0, 0.1) is 0 Å². The van der Waals surface area contributed by atoms with E-state index in [1.54, 1.807) is 30.3 Å². The molecule has 1 aliphatic rings. The van der Waals surface area contributed by atoms with Crippen LogP contribution >= 0.6 is 11.6 Å². The molecule has 0 radical (unpaired) electrons. The predicted octanol–water partition coefficient (Wildman–Crippen LogP) is 3.68. The summed E-state index contributed by atoms with van der Waals surface area (Å²) in [5.74, 6) is -0.618. The Balaban J connectivity index is 1.75. The molecule has 0 fully saturated rings. The van der Waals surface area contributed by atoms with E-state index in [1.165, 1.54) is 31.4 Å². The van der Waals surface area contributed by atoms with Gasteiger partial charge in [-0.3, -0.25) is 9.59 Å². The monoisotopic (exact) mass is 473 g/mol. The minimum Gasteiger partial charge on any atom is -0.497 e. The molecule has 10 heteroatoms. The molecule has 0 aliphatic carbocycles. The van der Waals surface area contributed by atoms with Crippen molar-refractivity contribution in [3.8, 4) is 17.2 Å². The fraction of sp³-hybridized carbons (Fsp3) is 0.0909. The molecular weight excluding hydrogens is 458 g/mol.